The average Bonchev–Trinajstić information content (AvgIpc) is 2.43. The van der Waals surface area contributed by atoms with E-state index < -0.39 is 0 Å². The van der Waals surface area contributed by atoms with E-state index in [4.69, 9.17) is 4.74 Å². The number of ether oxygens (including phenoxy) is 1. The van der Waals surface area contributed by atoms with Crippen LogP contribution in [0.4, 0.5) is 0 Å². The first-order valence-corrected chi connectivity index (χ1v) is 7.57. The molecule has 2 rings (SSSR count). The molecule has 1 aliphatic rings. The van der Waals surface area contributed by atoms with E-state index in [1.165, 1.54) is 19.5 Å². The fourth-order valence-electron chi connectivity index (χ4n) is 3.13. The van der Waals surface area contributed by atoms with Crippen LogP contribution in [0.1, 0.15) is 37.0 Å². The predicted octanol–water partition coefficient (Wildman–Crippen LogP) is 3.25. The van der Waals surface area contributed by atoms with Crippen molar-refractivity contribution in [3.63, 3.8) is 0 Å². The molecule has 1 fully saturated rings. The molecule has 0 unspecified atom stereocenters. The standard InChI is InChI=1S/C17H25NO2/c1-14-9-15(2)12-18(11-14)7-4-8-20-17-6-3-5-16(10-17)13-19/h3,5-6,10,13-15H,4,7-9,11-12H2,1-2H3/t14-,15-/m1/s1. The van der Waals surface area contributed by atoms with E-state index >= 15 is 0 Å². The van der Waals surface area contributed by atoms with Crippen LogP contribution in [0.5, 0.6) is 5.75 Å². The van der Waals surface area contributed by atoms with Crippen LogP contribution in [-0.4, -0.2) is 37.4 Å². The van der Waals surface area contributed by atoms with Crippen LogP contribution in [0.25, 0.3) is 0 Å². The molecule has 0 bridgehead atoms. The Morgan fingerprint density at radius 3 is 2.75 bits per heavy atom. The summed E-state index contributed by atoms with van der Waals surface area (Å²) in [5.41, 5.74) is 0.668. The lowest BCUT2D eigenvalue weighted by molar-refractivity contribution is 0.112. The Bertz CT molecular complexity index is 423. The molecule has 1 aromatic rings. The maximum atomic E-state index is 10.7. The first-order valence-electron chi connectivity index (χ1n) is 7.57. The number of nitrogens with zero attached hydrogens (tertiary/aromatic N) is 1. The van der Waals surface area contributed by atoms with Gasteiger partial charge in [0.1, 0.15) is 12.0 Å². The Morgan fingerprint density at radius 1 is 1.30 bits per heavy atom. The Labute approximate surface area is 121 Å². The number of rotatable bonds is 6. The highest BCUT2D eigenvalue weighted by molar-refractivity contribution is 5.75. The van der Waals surface area contributed by atoms with Crippen molar-refractivity contribution in [3.8, 4) is 5.75 Å². The van der Waals surface area contributed by atoms with Crippen molar-refractivity contribution in [3.05, 3.63) is 29.8 Å². The zero-order valence-corrected chi connectivity index (χ0v) is 12.5. The number of likely N-dealkylation sites (tertiary alicyclic amines) is 1. The van der Waals surface area contributed by atoms with E-state index in [2.05, 4.69) is 18.7 Å². The zero-order valence-electron chi connectivity index (χ0n) is 12.5. The summed E-state index contributed by atoms with van der Waals surface area (Å²) in [5.74, 6) is 2.41. The molecule has 0 spiro atoms. The van der Waals surface area contributed by atoms with Crippen LogP contribution in [0.3, 0.4) is 0 Å². The van der Waals surface area contributed by atoms with Crippen LogP contribution in [0, 0.1) is 11.8 Å². The van der Waals surface area contributed by atoms with E-state index in [9.17, 15) is 4.79 Å². The number of hydrogen-bond acceptors (Lipinski definition) is 3. The molecule has 1 aliphatic heterocycles. The molecule has 0 aliphatic carbocycles. The van der Waals surface area contributed by atoms with Crippen LogP contribution in [0.15, 0.2) is 24.3 Å². The maximum Gasteiger partial charge on any atom is 0.150 e. The molecule has 110 valence electrons. The van der Waals surface area contributed by atoms with E-state index in [-0.39, 0.29) is 0 Å². The van der Waals surface area contributed by atoms with Crippen molar-refractivity contribution in [1.29, 1.82) is 0 Å². The van der Waals surface area contributed by atoms with Crippen molar-refractivity contribution >= 4 is 6.29 Å². The van der Waals surface area contributed by atoms with Gasteiger partial charge >= 0.3 is 0 Å². The average molecular weight is 275 g/mol. The highest BCUT2D eigenvalue weighted by Gasteiger charge is 2.20. The number of carbonyl (C=O) groups excluding carboxylic acids is 1. The molecule has 3 heteroatoms. The molecule has 0 amide bonds. The highest BCUT2D eigenvalue weighted by atomic mass is 16.5. The molecule has 20 heavy (non-hydrogen) atoms. The molecule has 0 saturated carbocycles. The van der Waals surface area contributed by atoms with E-state index in [0.29, 0.717) is 12.2 Å². The first-order chi connectivity index (χ1) is 9.67. The molecule has 2 atom stereocenters. The fraction of sp³-hybridized carbons (Fsp3) is 0.588. The molecular weight excluding hydrogens is 250 g/mol. The van der Waals surface area contributed by atoms with Crippen molar-refractivity contribution < 1.29 is 9.53 Å². The molecule has 1 saturated heterocycles. The Hall–Kier alpha value is -1.35. The van der Waals surface area contributed by atoms with Gasteiger partial charge in [0.05, 0.1) is 6.61 Å². The molecule has 3 nitrogen and oxygen atoms in total. The molecule has 0 radical (unpaired) electrons. The number of benzene rings is 1. The Balaban J connectivity index is 1.69. The third kappa shape index (κ3) is 4.64. The first kappa shape index (κ1) is 15.0. The second kappa shape index (κ2) is 7.44. The lowest BCUT2D eigenvalue weighted by Crippen LogP contribution is -2.39. The minimum atomic E-state index is 0.668. The van der Waals surface area contributed by atoms with Crippen molar-refractivity contribution in [2.45, 2.75) is 26.7 Å². The van der Waals surface area contributed by atoms with Crippen LogP contribution in [0.2, 0.25) is 0 Å². The minimum absolute atomic E-state index is 0.668. The molecule has 0 aromatic heterocycles. The number of hydrogen-bond donors (Lipinski definition) is 0. The van der Waals surface area contributed by atoms with Gasteiger partial charge in [0.15, 0.2) is 0 Å². The van der Waals surface area contributed by atoms with E-state index in [1.807, 2.05) is 12.1 Å². The van der Waals surface area contributed by atoms with Crippen LogP contribution < -0.4 is 4.74 Å². The summed E-state index contributed by atoms with van der Waals surface area (Å²) >= 11 is 0. The van der Waals surface area contributed by atoms with Crippen LogP contribution >= 0.6 is 0 Å². The van der Waals surface area contributed by atoms with Crippen LogP contribution in [-0.2, 0) is 0 Å². The molecular formula is C17H25NO2. The van der Waals surface area contributed by atoms with Gasteiger partial charge in [0, 0.05) is 25.2 Å². The minimum Gasteiger partial charge on any atom is -0.494 e. The number of aldehydes is 1. The maximum absolute atomic E-state index is 10.7. The second-order valence-electron chi connectivity index (χ2n) is 6.10. The van der Waals surface area contributed by atoms with Crippen molar-refractivity contribution in [2.75, 3.05) is 26.2 Å². The summed E-state index contributed by atoms with van der Waals surface area (Å²) in [6.45, 7) is 8.91. The molecule has 1 aromatic carbocycles. The number of carbonyl (C=O) groups is 1. The molecule has 1 heterocycles. The summed E-state index contributed by atoms with van der Waals surface area (Å²) in [5, 5.41) is 0. The third-order valence-electron chi connectivity index (χ3n) is 3.83. The number of piperidine rings is 1. The third-order valence-corrected chi connectivity index (χ3v) is 3.83. The normalized spacial score (nSPS) is 23.5. The van der Waals surface area contributed by atoms with Gasteiger partial charge in [-0.3, -0.25) is 4.79 Å². The van der Waals surface area contributed by atoms with Crippen molar-refractivity contribution in [2.24, 2.45) is 11.8 Å². The van der Waals surface area contributed by atoms with Gasteiger partial charge in [-0.15, -0.1) is 0 Å². The van der Waals surface area contributed by atoms with Gasteiger partial charge in [-0.1, -0.05) is 26.0 Å². The summed E-state index contributed by atoms with van der Waals surface area (Å²) in [6, 6.07) is 7.33. The molecule has 0 N–H and O–H groups in total. The van der Waals surface area contributed by atoms with E-state index in [1.54, 1.807) is 12.1 Å². The predicted molar refractivity (Wildman–Crippen MR) is 81.3 cm³/mol. The van der Waals surface area contributed by atoms with Gasteiger partial charge in [-0.25, -0.2) is 0 Å². The van der Waals surface area contributed by atoms with Crippen molar-refractivity contribution in [1.82, 2.24) is 4.90 Å². The Morgan fingerprint density at radius 2 is 2.05 bits per heavy atom. The summed E-state index contributed by atoms with van der Waals surface area (Å²) in [6.07, 6.45) is 3.24. The smallest absolute Gasteiger partial charge is 0.150 e. The SMILES string of the molecule is C[C@@H]1C[C@@H](C)CN(CCCOc2cccc(C=O)c2)C1. The summed E-state index contributed by atoms with van der Waals surface area (Å²) in [7, 11) is 0. The lowest BCUT2D eigenvalue weighted by atomic mass is 9.92. The van der Waals surface area contributed by atoms with Gasteiger partial charge in [0.25, 0.3) is 0 Å². The monoisotopic (exact) mass is 275 g/mol. The largest absolute Gasteiger partial charge is 0.494 e. The van der Waals surface area contributed by atoms with Gasteiger partial charge in [-0.05, 0) is 36.8 Å². The van der Waals surface area contributed by atoms with Gasteiger partial charge < -0.3 is 9.64 Å². The highest BCUT2D eigenvalue weighted by Crippen LogP contribution is 2.21. The van der Waals surface area contributed by atoms with E-state index in [0.717, 1.165) is 36.8 Å². The quantitative estimate of drug-likeness (QED) is 0.589. The summed E-state index contributed by atoms with van der Waals surface area (Å²) in [4.78, 5) is 13.2. The fourth-order valence-corrected chi connectivity index (χ4v) is 3.13. The Kier molecular flexibility index (Phi) is 5.60. The van der Waals surface area contributed by atoms with Gasteiger partial charge in [-0.2, -0.15) is 0 Å². The zero-order chi connectivity index (χ0) is 14.4. The second-order valence-corrected chi connectivity index (χ2v) is 6.10. The lowest BCUT2D eigenvalue weighted by Gasteiger charge is -2.34. The summed E-state index contributed by atoms with van der Waals surface area (Å²) < 4.78 is 5.71. The van der Waals surface area contributed by atoms with Gasteiger partial charge in [0.2, 0.25) is 0 Å². The topological polar surface area (TPSA) is 29.5 Å².